The van der Waals surface area contributed by atoms with Crippen LogP contribution in [0.3, 0.4) is 0 Å². The number of carbonyl (C=O) groups excluding carboxylic acids is 2. The van der Waals surface area contributed by atoms with Crippen molar-refractivity contribution >= 4 is 12.0 Å². The van der Waals surface area contributed by atoms with Crippen LogP contribution in [0.1, 0.15) is 77.0 Å². The first-order valence-electron chi connectivity index (χ1n) is 9.78. The second-order valence-corrected chi connectivity index (χ2v) is 8.43. The Labute approximate surface area is 145 Å². The summed E-state index contributed by atoms with van der Waals surface area (Å²) in [5.41, 5.74) is 5.06. The van der Waals surface area contributed by atoms with E-state index in [-0.39, 0.29) is 11.4 Å². The standard InChI is InChI=1S/C19H32N2O3/c20-18(23)24-7-5-3-1-2-4-6-17(22)21-19-11-14-8-15(12-19)10-16(9-14)13-19/h14-16H,1-13H2,(H2,20,23)(H,21,22). The predicted molar refractivity (Wildman–Crippen MR) is 92.3 cm³/mol. The highest BCUT2D eigenvalue weighted by molar-refractivity contribution is 5.76. The molecule has 2 amide bonds. The van der Waals surface area contributed by atoms with Crippen molar-refractivity contribution in [3.63, 3.8) is 0 Å². The van der Waals surface area contributed by atoms with E-state index in [1.54, 1.807) is 0 Å². The first kappa shape index (κ1) is 17.6. The summed E-state index contributed by atoms with van der Waals surface area (Å²) in [4.78, 5) is 22.8. The molecule has 0 spiro atoms. The fourth-order valence-corrected chi connectivity index (χ4v) is 5.71. The zero-order chi connectivity index (χ0) is 17.0. The third-order valence-corrected chi connectivity index (χ3v) is 6.24. The van der Waals surface area contributed by atoms with Crippen molar-refractivity contribution < 1.29 is 14.3 Å². The van der Waals surface area contributed by atoms with Gasteiger partial charge in [-0.25, -0.2) is 4.79 Å². The normalized spacial score (nSPS) is 33.4. The van der Waals surface area contributed by atoms with Crippen molar-refractivity contribution in [2.45, 2.75) is 82.6 Å². The Bertz CT molecular complexity index is 428. The minimum atomic E-state index is -0.698. The predicted octanol–water partition coefficient (Wildman–Crippen LogP) is 3.51. The van der Waals surface area contributed by atoms with Gasteiger partial charge in [-0.3, -0.25) is 4.79 Å². The lowest BCUT2D eigenvalue weighted by atomic mass is 9.53. The van der Waals surface area contributed by atoms with Gasteiger partial charge in [-0.15, -0.1) is 0 Å². The fraction of sp³-hybridized carbons (Fsp3) is 0.895. The fourth-order valence-electron chi connectivity index (χ4n) is 5.71. The van der Waals surface area contributed by atoms with Gasteiger partial charge in [-0.1, -0.05) is 19.3 Å². The highest BCUT2D eigenvalue weighted by atomic mass is 16.5. The summed E-state index contributed by atoms with van der Waals surface area (Å²) < 4.78 is 4.70. The molecule has 0 aromatic heterocycles. The third-order valence-electron chi connectivity index (χ3n) is 6.24. The van der Waals surface area contributed by atoms with Gasteiger partial charge < -0.3 is 15.8 Å². The Balaban J connectivity index is 1.27. The van der Waals surface area contributed by atoms with E-state index in [9.17, 15) is 9.59 Å². The zero-order valence-electron chi connectivity index (χ0n) is 14.7. The van der Waals surface area contributed by atoms with E-state index < -0.39 is 6.09 Å². The van der Waals surface area contributed by atoms with Gasteiger partial charge in [0.2, 0.25) is 5.91 Å². The number of hydrogen-bond donors (Lipinski definition) is 2. The lowest BCUT2D eigenvalue weighted by Gasteiger charge is -2.56. The molecule has 0 atom stereocenters. The Morgan fingerprint density at radius 3 is 2.04 bits per heavy atom. The summed E-state index contributed by atoms with van der Waals surface area (Å²) in [6.45, 7) is 0.405. The summed E-state index contributed by atoms with van der Waals surface area (Å²) >= 11 is 0. The lowest BCUT2D eigenvalue weighted by molar-refractivity contribution is -0.127. The van der Waals surface area contributed by atoms with E-state index in [4.69, 9.17) is 10.5 Å². The van der Waals surface area contributed by atoms with Crippen LogP contribution in [0, 0.1) is 17.8 Å². The third kappa shape index (κ3) is 4.64. The molecule has 4 rings (SSSR count). The summed E-state index contributed by atoms with van der Waals surface area (Å²) in [5, 5.41) is 3.44. The van der Waals surface area contributed by atoms with E-state index in [0.717, 1.165) is 49.9 Å². The highest BCUT2D eigenvalue weighted by Gasteiger charge is 2.51. The maximum atomic E-state index is 12.4. The maximum absolute atomic E-state index is 12.4. The molecule has 4 bridgehead atoms. The van der Waals surface area contributed by atoms with Crippen LogP contribution < -0.4 is 11.1 Å². The molecule has 0 radical (unpaired) electrons. The van der Waals surface area contributed by atoms with Gasteiger partial charge in [-0.05, 0) is 69.1 Å². The summed E-state index contributed by atoms with van der Waals surface area (Å²) in [6.07, 6.45) is 12.8. The molecule has 4 aliphatic carbocycles. The second-order valence-electron chi connectivity index (χ2n) is 8.43. The molecule has 3 N–H and O–H groups in total. The topological polar surface area (TPSA) is 81.4 Å². The molecule has 0 saturated heterocycles. The van der Waals surface area contributed by atoms with E-state index in [1.807, 2.05) is 0 Å². The Morgan fingerprint density at radius 2 is 1.46 bits per heavy atom. The molecule has 4 fully saturated rings. The summed E-state index contributed by atoms with van der Waals surface area (Å²) in [5.74, 6) is 2.88. The number of rotatable bonds is 9. The van der Waals surface area contributed by atoms with Crippen LogP contribution in [-0.4, -0.2) is 24.1 Å². The monoisotopic (exact) mass is 336 g/mol. The Morgan fingerprint density at radius 1 is 0.917 bits per heavy atom. The number of amides is 2. The molecule has 0 aromatic carbocycles. The van der Waals surface area contributed by atoms with Gasteiger partial charge in [0, 0.05) is 12.0 Å². The molecule has 4 saturated carbocycles. The van der Waals surface area contributed by atoms with Crippen molar-refractivity contribution in [2.24, 2.45) is 23.5 Å². The molecule has 5 nitrogen and oxygen atoms in total. The average Bonchev–Trinajstić information content (AvgIpc) is 2.47. The smallest absolute Gasteiger partial charge is 0.404 e. The van der Waals surface area contributed by atoms with E-state index in [0.29, 0.717) is 13.0 Å². The van der Waals surface area contributed by atoms with Gasteiger partial charge in [0.15, 0.2) is 0 Å². The van der Waals surface area contributed by atoms with Crippen LogP contribution in [0.4, 0.5) is 4.79 Å². The first-order valence-corrected chi connectivity index (χ1v) is 9.78. The SMILES string of the molecule is NC(=O)OCCCCCCCC(=O)NC12CC3CC(CC(C3)C1)C2. The Hall–Kier alpha value is -1.26. The van der Waals surface area contributed by atoms with Crippen LogP contribution in [0.5, 0.6) is 0 Å². The van der Waals surface area contributed by atoms with Gasteiger partial charge in [-0.2, -0.15) is 0 Å². The van der Waals surface area contributed by atoms with Crippen LogP contribution in [0.2, 0.25) is 0 Å². The molecule has 136 valence electrons. The second kappa shape index (κ2) is 7.75. The summed E-state index contributed by atoms with van der Waals surface area (Å²) in [7, 11) is 0. The minimum absolute atomic E-state index is 0.151. The van der Waals surface area contributed by atoms with Crippen LogP contribution in [0.15, 0.2) is 0 Å². The number of carbonyl (C=O) groups is 2. The Kier molecular flexibility index (Phi) is 5.67. The number of hydrogen-bond acceptors (Lipinski definition) is 3. The molecule has 0 unspecified atom stereocenters. The highest BCUT2D eigenvalue weighted by Crippen LogP contribution is 2.55. The van der Waals surface area contributed by atoms with E-state index >= 15 is 0 Å². The van der Waals surface area contributed by atoms with Crippen LogP contribution in [-0.2, 0) is 9.53 Å². The maximum Gasteiger partial charge on any atom is 0.404 e. The number of unbranched alkanes of at least 4 members (excludes halogenated alkanes) is 4. The molecule has 0 aromatic rings. The molecule has 5 heteroatoms. The van der Waals surface area contributed by atoms with E-state index in [1.165, 1.54) is 38.5 Å². The zero-order valence-corrected chi connectivity index (χ0v) is 14.7. The largest absolute Gasteiger partial charge is 0.450 e. The molecule has 4 aliphatic rings. The van der Waals surface area contributed by atoms with E-state index in [2.05, 4.69) is 5.32 Å². The number of ether oxygens (including phenoxy) is 1. The van der Waals surface area contributed by atoms with Gasteiger partial charge in [0.05, 0.1) is 6.61 Å². The van der Waals surface area contributed by atoms with Gasteiger partial charge in [0.1, 0.15) is 0 Å². The van der Waals surface area contributed by atoms with Crippen molar-refractivity contribution in [3.05, 3.63) is 0 Å². The molecular weight excluding hydrogens is 304 g/mol. The quantitative estimate of drug-likeness (QED) is 0.632. The molecule has 0 aliphatic heterocycles. The van der Waals surface area contributed by atoms with Crippen LogP contribution >= 0.6 is 0 Å². The minimum Gasteiger partial charge on any atom is -0.450 e. The van der Waals surface area contributed by atoms with Gasteiger partial charge >= 0.3 is 6.09 Å². The van der Waals surface area contributed by atoms with Crippen molar-refractivity contribution in [3.8, 4) is 0 Å². The molecule has 0 heterocycles. The molecule has 24 heavy (non-hydrogen) atoms. The van der Waals surface area contributed by atoms with Crippen molar-refractivity contribution in [2.75, 3.05) is 6.61 Å². The summed E-state index contributed by atoms with van der Waals surface area (Å²) in [6, 6.07) is 0. The van der Waals surface area contributed by atoms with Gasteiger partial charge in [0.25, 0.3) is 0 Å². The first-order chi connectivity index (χ1) is 11.5. The number of nitrogens with one attached hydrogen (secondary N) is 1. The lowest BCUT2D eigenvalue weighted by Crippen LogP contribution is -2.59. The molecular formula is C19H32N2O3. The van der Waals surface area contributed by atoms with Crippen molar-refractivity contribution in [1.29, 1.82) is 0 Å². The number of primary amides is 1. The average molecular weight is 336 g/mol. The van der Waals surface area contributed by atoms with Crippen LogP contribution in [0.25, 0.3) is 0 Å². The van der Waals surface area contributed by atoms with Crippen molar-refractivity contribution in [1.82, 2.24) is 5.32 Å². The number of nitrogens with two attached hydrogens (primary N) is 1.